The van der Waals surface area contributed by atoms with Gasteiger partial charge in [-0.3, -0.25) is 0 Å². The molecule has 0 radical (unpaired) electrons. The highest BCUT2D eigenvalue weighted by Crippen LogP contribution is 2.36. The van der Waals surface area contributed by atoms with Gasteiger partial charge in [0.2, 0.25) is 0 Å². The first-order chi connectivity index (χ1) is 9.15. The van der Waals surface area contributed by atoms with Crippen molar-refractivity contribution in [3.05, 3.63) is 20.6 Å². The largest absolute Gasteiger partial charge is 0.346 e. The number of aryl methyl sites for hydroxylation is 1. The molecule has 1 aliphatic rings. The highest BCUT2D eigenvalue weighted by Gasteiger charge is 2.24. The van der Waals surface area contributed by atoms with E-state index >= 15 is 0 Å². The number of hydrogen-bond acceptors (Lipinski definition) is 2. The van der Waals surface area contributed by atoms with Gasteiger partial charge in [-0.2, -0.15) is 0 Å². The fraction of sp³-hybridized carbons (Fsp3) is 0.733. The van der Waals surface area contributed by atoms with Crippen LogP contribution in [0.5, 0.6) is 0 Å². The lowest BCUT2D eigenvalue weighted by atomic mass is 9.80. The summed E-state index contributed by atoms with van der Waals surface area (Å²) in [5, 5.41) is 0. The van der Waals surface area contributed by atoms with Crippen LogP contribution < -0.4 is 0 Å². The Morgan fingerprint density at radius 3 is 2.84 bits per heavy atom. The second-order valence-electron chi connectivity index (χ2n) is 5.61. The predicted molar refractivity (Wildman–Crippen MR) is 86.1 cm³/mol. The van der Waals surface area contributed by atoms with Gasteiger partial charge in [0, 0.05) is 11.6 Å². The molecule has 4 heteroatoms. The molecule has 2 atom stereocenters. The van der Waals surface area contributed by atoms with Gasteiger partial charge in [-0.15, -0.1) is 0 Å². The van der Waals surface area contributed by atoms with E-state index in [1.54, 1.807) is 0 Å². The van der Waals surface area contributed by atoms with Gasteiger partial charge in [0.25, 0.3) is 0 Å². The van der Waals surface area contributed by atoms with Gasteiger partial charge in [0.05, 0.1) is 4.47 Å². The zero-order valence-electron chi connectivity index (χ0n) is 11.8. The van der Waals surface area contributed by atoms with E-state index in [0.717, 1.165) is 33.7 Å². The summed E-state index contributed by atoms with van der Waals surface area (Å²) in [4.78, 5) is 8.16. The van der Waals surface area contributed by atoms with E-state index in [-0.39, 0.29) is 0 Å². The second-order valence-corrected chi connectivity index (χ2v) is 6.79. The summed E-state index contributed by atoms with van der Waals surface area (Å²) in [6.07, 6.45) is 8.66. The molecule has 1 N–H and O–H groups in total. The Morgan fingerprint density at radius 2 is 2.16 bits per heavy atom. The predicted octanol–water partition coefficient (Wildman–Crippen LogP) is 5.54. The molecule has 1 fully saturated rings. The minimum atomic E-state index is 0.573. The molecule has 19 heavy (non-hydrogen) atoms. The highest BCUT2D eigenvalue weighted by molar-refractivity contribution is 9.10. The lowest BCUT2D eigenvalue weighted by Gasteiger charge is -2.28. The first-order valence-electron chi connectivity index (χ1n) is 7.44. The standard InChI is InChI=1S/C15H23BrN2S/c1-3-6-12-13(16)15(19)18-14(17-12)11-8-5-7-10(4-2)9-11/h10-11H,3-9H2,1-2H3,(H,17,18,19). The maximum atomic E-state index is 5.39. The number of nitrogens with one attached hydrogen (secondary N) is 1. The van der Waals surface area contributed by atoms with Gasteiger partial charge < -0.3 is 4.98 Å². The monoisotopic (exact) mass is 342 g/mol. The molecule has 2 rings (SSSR count). The third-order valence-electron chi connectivity index (χ3n) is 4.20. The van der Waals surface area contributed by atoms with Crippen molar-refractivity contribution in [1.29, 1.82) is 0 Å². The molecule has 2 nitrogen and oxygen atoms in total. The number of nitrogens with zero attached hydrogens (tertiary/aromatic N) is 1. The Labute approximate surface area is 129 Å². The summed E-state index contributed by atoms with van der Waals surface area (Å²) < 4.78 is 1.70. The van der Waals surface area contributed by atoms with Gasteiger partial charge >= 0.3 is 0 Å². The number of rotatable bonds is 4. The van der Waals surface area contributed by atoms with Crippen molar-refractivity contribution >= 4 is 28.1 Å². The third kappa shape index (κ3) is 3.66. The van der Waals surface area contributed by atoms with Crippen LogP contribution in [-0.2, 0) is 6.42 Å². The average Bonchev–Trinajstić information content (AvgIpc) is 2.44. The summed E-state index contributed by atoms with van der Waals surface area (Å²) >= 11 is 8.96. The first kappa shape index (κ1) is 15.2. The Balaban J connectivity index is 2.26. The fourth-order valence-corrected chi connectivity index (χ4v) is 3.66. The molecule has 1 aromatic rings. The molecule has 0 spiro atoms. The van der Waals surface area contributed by atoms with Crippen LogP contribution >= 0.6 is 28.1 Å². The number of halogens is 1. The van der Waals surface area contributed by atoms with Crippen LogP contribution in [0, 0.1) is 10.6 Å². The van der Waals surface area contributed by atoms with Crippen LogP contribution in [0.3, 0.4) is 0 Å². The van der Waals surface area contributed by atoms with Gasteiger partial charge in [0.15, 0.2) is 0 Å². The van der Waals surface area contributed by atoms with Crippen molar-refractivity contribution in [2.75, 3.05) is 0 Å². The van der Waals surface area contributed by atoms with Crippen molar-refractivity contribution in [1.82, 2.24) is 9.97 Å². The Bertz CT molecular complexity index is 484. The summed E-state index contributed by atoms with van der Waals surface area (Å²) in [6, 6.07) is 0. The van der Waals surface area contributed by atoms with Gasteiger partial charge in [-0.25, -0.2) is 4.98 Å². The summed E-state index contributed by atoms with van der Waals surface area (Å²) in [5.74, 6) is 2.56. The number of aromatic amines is 1. The molecule has 0 amide bonds. The molecule has 1 aromatic heterocycles. The van der Waals surface area contributed by atoms with Crippen LogP contribution in [0.4, 0.5) is 0 Å². The van der Waals surface area contributed by atoms with Crippen molar-refractivity contribution in [3.8, 4) is 0 Å². The quantitative estimate of drug-likeness (QED) is 0.727. The van der Waals surface area contributed by atoms with Gasteiger partial charge in [0.1, 0.15) is 10.5 Å². The Kier molecular flexibility index (Phi) is 5.58. The van der Waals surface area contributed by atoms with E-state index in [9.17, 15) is 0 Å². The van der Waals surface area contributed by atoms with Crippen molar-refractivity contribution in [3.63, 3.8) is 0 Å². The molecule has 1 aliphatic carbocycles. The van der Waals surface area contributed by atoms with E-state index in [2.05, 4.69) is 39.7 Å². The lowest BCUT2D eigenvalue weighted by Crippen LogP contribution is -2.16. The molecule has 2 unspecified atom stereocenters. The van der Waals surface area contributed by atoms with E-state index in [4.69, 9.17) is 12.2 Å². The van der Waals surface area contributed by atoms with Crippen LogP contribution in [0.15, 0.2) is 4.47 Å². The molecular weight excluding hydrogens is 320 g/mol. The maximum Gasteiger partial charge on any atom is 0.144 e. The van der Waals surface area contributed by atoms with Gasteiger partial charge in [-0.1, -0.05) is 51.7 Å². The van der Waals surface area contributed by atoms with Gasteiger partial charge in [-0.05, 0) is 41.1 Å². The molecule has 106 valence electrons. The second kappa shape index (κ2) is 6.98. The van der Waals surface area contributed by atoms with E-state index < -0.39 is 0 Å². The molecule has 0 aliphatic heterocycles. The van der Waals surface area contributed by atoms with Crippen molar-refractivity contribution < 1.29 is 0 Å². The SMILES string of the molecule is CCCc1[nH]c(C2CCCC(CC)C2)nc(=S)c1Br. The molecule has 0 bridgehead atoms. The number of aromatic nitrogens is 2. The van der Waals surface area contributed by atoms with Crippen molar-refractivity contribution in [2.45, 2.75) is 64.7 Å². The Morgan fingerprint density at radius 1 is 1.37 bits per heavy atom. The minimum absolute atomic E-state index is 0.573. The van der Waals surface area contributed by atoms with Crippen LogP contribution in [0.1, 0.15) is 69.8 Å². The van der Waals surface area contributed by atoms with Crippen LogP contribution in [0.2, 0.25) is 0 Å². The zero-order chi connectivity index (χ0) is 13.8. The minimum Gasteiger partial charge on any atom is -0.346 e. The summed E-state index contributed by atoms with van der Waals surface area (Å²) in [5.41, 5.74) is 1.22. The van der Waals surface area contributed by atoms with Crippen molar-refractivity contribution in [2.24, 2.45) is 5.92 Å². The first-order valence-corrected chi connectivity index (χ1v) is 8.64. The molecule has 1 heterocycles. The highest BCUT2D eigenvalue weighted by atomic mass is 79.9. The summed E-state index contributed by atoms with van der Waals surface area (Å²) in [6.45, 7) is 4.49. The third-order valence-corrected chi connectivity index (χ3v) is 5.61. The average molecular weight is 343 g/mol. The molecular formula is C15H23BrN2S. The smallest absolute Gasteiger partial charge is 0.144 e. The van der Waals surface area contributed by atoms with E-state index in [0.29, 0.717) is 5.92 Å². The molecule has 0 saturated heterocycles. The fourth-order valence-electron chi connectivity index (χ4n) is 3.05. The molecule has 1 saturated carbocycles. The van der Waals surface area contributed by atoms with E-state index in [1.165, 1.54) is 37.8 Å². The Hall–Kier alpha value is -0.220. The topological polar surface area (TPSA) is 28.7 Å². The zero-order valence-corrected chi connectivity index (χ0v) is 14.2. The maximum absolute atomic E-state index is 5.39. The number of hydrogen-bond donors (Lipinski definition) is 1. The van der Waals surface area contributed by atoms with E-state index in [1.807, 2.05) is 0 Å². The van der Waals surface area contributed by atoms with Crippen LogP contribution in [-0.4, -0.2) is 9.97 Å². The number of H-pyrrole nitrogens is 1. The summed E-state index contributed by atoms with van der Waals surface area (Å²) in [7, 11) is 0. The van der Waals surface area contributed by atoms with Crippen LogP contribution in [0.25, 0.3) is 0 Å². The normalized spacial score (nSPS) is 23.5. The lowest BCUT2D eigenvalue weighted by molar-refractivity contribution is 0.306. The molecule has 0 aromatic carbocycles.